The summed E-state index contributed by atoms with van der Waals surface area (Å²) >= 11 is 0. The van der Waals surface area contributed by atoms with Crippen LogP contribution in [0, 0.1) is 13.8 Å². The third-order valence-corrected chi connectivity index (χ3v) is 7.17. The number of nitrogens with one attached hydrogen (secondary N) is 2. The minimum absolute atomic E-state index is 0.181. The van der Waals surface area contributed by atoms with Gasteiger partial charge in [-0.1, -0.05) is 12.1 Å². The number of hydrogen-bond donors (Lipinski definition) is 2. The van der Waals surface area contributed by atoms with Crippen LogP contribution in [0.5, 0.6) is 0 Å². The zero-order valence-electron chi connectivity index (χ0n) is 20.9. The Morgan fingerprint density at radius 3 is 2.38 bits per heavy atom. The van der Waals surface area contributed by atoms with Crippen LogP contribution in [0.25, 0.3) is 5.69 Å². The number of nitrogens with zero attached hydrogens (tertiary/aromatic N) is 3. The number of hydrogen-bond acceptors (Lipinski definition) is 5. The van der Waals surface area contributed by atoms with Crippen LogP contribution in [-0.4, -0.2) is 47.2 Å². The lowest BCUT2D eigenvalue weighted by atomic mass is 10.1. The molecule has 0 saturated heterocycles. The van der Waals surface area contributed by atoms with E-state index in [-0.39, 0.29) is 16.7 Å². The van der Waals surface area contributed by atoms with E-state index >= 15 is 0 Å². The minimum Gasteiger partial charge on any atom is -0.352 e. The van der Waals surface area contributed by atoms with Crippen LogP contribution in [0.15, 0.2) is 78.2 Å². The van der Waals surface area contributed by atoms with Gasteiger partial charge in [0.25, 0.3) is 11.8 Å². The Kier molecular flexibility index (Phi) is 7.58. The SMILES string of the molecule is Cc1cc(C(=O)Nc2ccc(S(C)(=O)=O)cc2)c(C)n1-c1ccccc1C(=O)NCCCn1ccnc1. The number of rotatable bonds is 9. The second kappa shape index (κ2) is 10.8. The van der Waals surface area contributed by atoms with Gasteiger partial charge in [-0.3, -0.25) is 9.59 Å². The van der Waals surface area contributed by atoms with Crippen molar-refractivity contribution in [3.8, 4) is 5.69 Å². The van der Waals surface area contributed by atoms with Crippen molar-refractivity contribution in [2.24, 2.45) is 0 Å². The van der Waals surface area contributed by atoms with Gasteiger partial charge in [0.1, 0.15) is 0 Å². The van der Waals surface area contributed by atoms with Crippen molar-refractivity contribution >= 4 is 27.3 Å². The van der Waals surface area contributed by atoms with Crippen LogP contribution in [0.1, 0.15) is 38.5 Å². The highest BCUT2D eigenvalue weighted by Gasteiger charge is 2.20. The first-order valence-electron chi connectivity index (χ1n) is 11.8. The largest absolute Gasteiger partial charge is 0.352 e. The number of imidazole rings is 1. The molecule has 0 radical (unpaired) electrons. The van der Waals surface area contributed by atoms with Crippen LogP contribution in [-0.2, 0) is 16.4 Å². The number of sulfone groups is 1. The summed E-state index contributed by atoms with van der Waals surface area (Å²) in [4.78, 5) is 30.3. The topological polar surface area (TPSA) is 115 Å². The van der Waals surface area contributed by atoms with E-state index in [9.17, 15) is 18.0 Å². The molecule has 192 valence electrons. The van der Waals surface area contributed by atoms with Gasteiger partial charge in [-0.05, 0) is 62.7 Å². The Hall–Kier alpha value is -4.18. The van der Waals surface area contributed by atoms with Gasteiger partial charge in [-0.15, -0.1) is 0 Å². The summed E-state index contributed by atoms with van der Waals surface area (Å²) in [5.74, 6) is -0.515. The lowest BCUT2D eigenvalue weighted by Gasteiger charge is -2.15. The van der Waals surface area contributed by atoms with E-state index in [1.165, 1.54) is 12.1 Å². The smallest absolute Gasteiger partial charge is 0.257 e. The Labute approximate surface area is 216 Å². The molecule has 9 nitrogen and oxygen atoms in total. The molecular formula is C27H29N5O4S. The van der Waals surface area contributed by atoms with E-state index in [1.807, 2.05) is 47.4 Å². The molecule has 2 aromatic heterocycles. The molecule has 0 aliphatic carbocycles. The van der Waals surface area contributed by atoms with Gasteiger partial charge < -0.3 is 19.8 Å². The Morgan fingerprint density at radius 1 is 0.973 bits per heavy atom. The maximum absolute atomic E-state index is 13.1. The van der Waals surface area contributed by atoms with Crippen molar-refractivity contribution in [3.05, 3.63) is 95.8 Å². The van der Waals surface area contributed by atoms with Crippen molar-refractivity contribution in [1.29, 1.82) is 0 Å². The molecule has 4 rings (SSSR count). The number of carbonyl (C=O) groups is 2. The summed E-state index contributed by atoms with van der Waals surface area (Å²) < 4.78 is 27.2. The fraction of sp³-hybridized carbons (Fsp3) is 0.222. The van der Waals surface area contributed by atoms with Gasteiger partial charge in [0.05, 0.1) is 28.0 Å². The van der Waals surface area contributed by atoms with Crippen LogP contribution >= 0.6 is 0 Å². The van der Waals surface area contributed by atoms with E-state index in [1.54, 1.807) is 36.8 Å². The van der Waals surface area contributed by atoms with E-state index in [4.69, 9.17) is 0 Å². The Morgan fingerprint density at radius 2 is 1.70 bits per heavy atom. The molecule has 0 aliphatic heterocycles. The van der Waals surface area contributed by atoms with E-state index in [0.717, 1.165) is 24.9 Å². The zero-order valence-corrected chi connectivity index (χ0v) is 21.7. The average molecular weight is 520 g/mol. The average Bonchev–Trinajstić information content (AvgIpc) is 3.49. The minimum atomic E-state index is -3.32. The monoisotopic (exact) mass is 519 g/mol. The van der Waals surface area contributed by atoms with E-state index in [2.05, 4.69) is 15.6 Å². The molecule has 2 aromatic carbocycles. The van der Waals surface area contributed by atoms with Crippen molar-refractivity contribution in [2.75, 3.05) is 18.1 Å². The first-order valence-corrected chi connectivity index (χ1v) is 13.7. The summed E-state index contributed by atoms with van der Waals surface area (Å²) in [5.41, 5.74) is 3.62. The molecule has 0 bridgehead atoms. The molecular weight excluding hydrogens is 490 g/mol. The standard InChI is InChI=1S/C27H29N5O4S/c1-19-17-24(27(34)30-21-9-11-22(12-10-21)37(3,35)36)20(2)32(19)25-8-5-4-7-23(25)26(33)29-13-6-15-31-16-14-28-18-31/h4-5,7-12,14,16-18H,6,13,15H2,1-3H3,(H,29,33)(H,30,34). The van der Waals surface area contributed by atoms with Crippen LogP contribution in [0.3, 0.4) is 0 Å². The van der Waals surface area contributed by atoms with Gasteiger partial charge in [0.15, 0.2) is 9.84 Å². The zero-order chi connectivity index (χ0) is 26.6. The number of carbonyl (C=O) groups excluding carboxylic acids is 2. The molecule has 0 unspecified atom stereocenters. The summed E-state index contributed by atoms with van der Waals surface area (Å²) in [6.07, 6.45) is 7.25. The molecule has 4 aromatic rings. The summed E-state index contributed by atoms with van der Waals surface area (Å²) in [7, 11) is -3.32. The van der Waals surface area contributed by atoms with Gasteiger partial charge >= 0.3 is 0 Å². The number of aryl methyl sites for hydroxylation is 2. The summed E-state index contributed by atoms with van der Waals surface area (Å²) in [6.45, 7) is 4.98. The second-order valence-electron chi connectivity index (χ2n) is 8.80. The molecule has 0 fully saturated rings. The van der Waals surface area contributed by atoms with Crippen molar-refractivity contribution in [1.82, 2.24) is 19.4 Å². The number of para-hydroxylation sites is 1. The predicted octanol–water partition coefficient (Wildman–Crippen LogP) is 3.77. The van der Waals surface area contributed by atoms with Gasteiger partial charge in [0, 0.05) is 48.8 Å². The van der Waals surface area contributed by atoms with Crippen molar-refractivity contribution in [2.45, 2.75) is 31.7 Å². The first-order chi connectivity index (χ1) is 17.6. The number of aromatic nitrogens is 3. The summed E-state index contributed by atoms with van der Waals surface area (Å²) in [5, 5.41) is 5.80. The molecule has 0 atom stereocenters. The third-order valence-electron chi connectivity index (χ3n) is 6.04. The predicted molar refractivity (Wildman–Crippen MR) is 142 cm³/mol. The summed E-state index contributed by atoms with van der Waals surface area (Å²) in [6, 6.07) is 15.1. The molecule has 2 amide bonds. The molecule has 0 saturated carbocycles. The normalized spacial score (nSPS) is 11.3. The highest BCUT2D eigenvalue weighted by molar-refractivity contribution is 7.90. The van der Waals surface area contributed by atoms with E-state index in [0.29, 0.717) is 34.7 Å². The molecule has 10 heteroatoms. The van der Waals surface area contributed by atoms with Crippen molar-refractivity contribution in [3.63, 3.8) is 0 Å². The first kappa shape index (κ1) is 25.9. The van der Waals surface area contributed by atoms with Crippen molar-refractivity contribution < 1.29 is 18.0 Å². The number of amides is 2. The quantitative estimate of drug-likeness (QED) is 0.327. The Bertz CT molecular complexity index is 1520. The molecule has 2 N–H and O–H groups in total. The molecule has 2 heterocycles. The molecule has 37 heavy (non-hydrogen) atoms. The van der Waals surface area contributed by atoms with Gasteiger partial charge in [-0.2, -0.15) is 0 Å². The van der Waals surface area contributed by atoms with Crippen LogP contribution in [0.4, 0.5) is 5.69 Å². The molecule has 0 spiro atoms. The van der Waals surface area contributed by atoms with Crippen LogP contribution < -0.4 is 10.6 Å². The van der Waals surface area contributed by atoms with E-state index < -0.39 is 9.84 Å². The highest BCUT2D eigenvalue weighted by Crippen LogP contribution is 2.25. The van der Waals surface area contributed by atoms with Gasteiger partial charge in [0.2, 0.25) is 0 Å². The third kappa shape index (κ3) is 5.97. The van der Waals surface area contributed by atoms with Crippen LogP contribution in [0.2, 0.25) is 0 Å². The number of anilines is 1. The maximum Gasteiger partial charge on any atom is 0.257 e. The maximum atomic E-state index is 13.1. The highest BCUT2D eigenvalue weighted by atomic mass is 32.2. The number of benzene rings is 2. The molecule has 0 aliphatic rings. The fourth-order valence-electron chi connectivity index (χ4n) is 4.19. The Balaban J connectivity index is 1.51. The lowest BCUT2D eigenvalue weighted by Crippen LogP contribution is -2.26. The second-order valence-corrected chi connectivity index (χ2v) is 10.8. The fourth-order valence-corrected chi connectivity index (χ4v) is 4.82. The van der Waals surface area contributed by atoms with Gasteiger partial charge in [-0.25, -0.2) is 13.4 Å². The lowest BCUT2D eigenvalue weighted by molar-refractivity contribution is 0.0952.